The van der Waals surface area contributed by atoms with E-state index in [1.54, 1.807) is 0 Å². The van der Waals surface area contributed by atoms with E-state index < -0.39 is 11.7 Å². The quantitative estimate of drug-likeness (QED) is 0.648. The van der Waals surface area contributed by atoms with E-state index in [1.165, 1.54) is 19.3 Å². The summed E-state index contributed by atoms with van der Waals surface area (Å²) in [5.41, 5.74) is 0.611. The number of amides is 1. The Morgan fingerprint density at radius 3 is 2.46 bits per heavy atom. The molecule has 0 aliphatic carbocycles. The van der Waals surface area contributed by atoms with E-state index in [1.807, 2.05) is 45.0 Å². The maximum atomic E-state index is 11.5. The number of ether oxygens (including phenoxy) is 2. The second-order valence-corrected chi connectivity index (χ2v) is 6.99. The smallest absolute Gasteiger partial charge is 0.407 e. The molecule has 0 aliphatic heterocycles. The average Bonchev–Trinajstić information content (AvgIpc) is 2.49. The fraction of sp³-hybridized carbons (Fsp3) is 0.632. The summed E-state index contributed by atoms with van der Waals surface area (Å²) in [7, 11) is 0. The van der Waals surface area contributed by atoms with Crippen molar-refractivity contribution in [2.24, 2.45) is 0 Å². The third-order valence-electron chi connectivity index (χ3n) is 3.30. The van der Waals surface area contributed by atoms with Gasteiger partial charge in [0, 0.05) is 11.7 Å². The first-order chi connectivity index (χ1) is 11.3. The molecule has 5 heteroatoms. The highest BCUT2D eigenvalue weighted by Crippen LogP contribution is 2.17. The van der Waals surface area contributed by atoms with Gasteiger partial charge in [0.1, 0.15) is 18.0 Å². The van der Waals surface area contributed by atoms with Crippen molar-refractivity contribution in [1.82, 2.24) is 5.32 Å². The van der Waals surface area contributed by atoms with Crippen LogP contribution >= 0.6 is 0 Å². The molecule has 0 spiro atoms. The van der Waals surface area contributed by atoms with Crippen LogP contribution in [0.25, 0.3) is 0 Å². The molecule has 0 fully saturated rings. The molecule has 1 unspecified atom stereocenters. The van der Waals surface area contributed by atoms with Crippen molar-refractivity contribution in [2.75, 3.05) is 18.5 Å². The first kappa shape index (κ1) is 20.1. The van der Waals surface area contributed by atoms with Crippen LogP contribution in [0.4, 0.5) is 10.5 Å². The van der Waals surface area contributed by atoms with Gasteiger partial charge < -0.3 is 20.1 Å². The predicted molar refractivity (Wildman–Crippen MR) is 98.8 cm³/mol. The Kier molecular flexibility index (Phi) is 8.44. The van der Waals surface area contributed by atoms with Crippen LogP contribution in [0.5, 0.6) is 5.75 Å². The SMILES string of the molecule is CCCCC(C)Nc1ccc(OCCNC(=O)OC(C)(C)C)cc1. The number of rotatable bonds is 9. The van der Waals surface area contributed by atoms with Gasteiger partial charge >= 0.3 is 6.09 Å². The van der Waals surface area contributed by atoms with Crippen molar-refractivity contribution < 1.29 is 14.3 Å². The number of carbonyl (C=O) groups excluding carboxylic acids is 1. The minimum atomic E-state index is -0.484. The number of anilines is 1. The lowest BCUT2D eigenvalue weighted by molar-refractivity contribution is 0.0520. The van der Waals surface area contributed by atoms with Gasteiger partial charge in [0.15, 0.2) is 0 Å². The average molecular weight is 336 g/mol. The van der Waals surface area contributed by atoms with Crippen molar-refractivity contribution in [2.45, 2.75) is 65.5 Å². The number of benzene rings is 1. The van der Waals surface area contributed by atoms with Crippen molar-refractivity contribution in [3.05, 3.63) is 24.3 Å². The van der Waals surface area contributed by atoms with Gasteiger partial charge in [-0.25, -0.2) is 4.79 Å². The van der Waals surface area contributed by atoms with Crippen LogP contribution < -0.4 is 15.4 Å². The Labute approximate surface area is 146 Å². The summed E-state index contributed by atoms with van der Waals surface area (Å²) in [6, 6.07) is 8.36. The number of unbranched alkanes of at least 4 members (excludes halogenated alkanes) is 1. The maximum Gasteiger partial charge on any atom is 0.407 e. The molecule has 0 bridgehead atoms. The zero-order valence-electron chi connectivity index (χ0n) is 15.6. The highest BCUT2D eigenvalue weighted by molar-refractivity contribution is 5.67. The minimum Gasteiger partial charge on any atom is -0.492 e. The molecule has 24 heavy (non-hydrogen) atoms. The van der Waals surface area contributed by atoms with Crippen molar-refractivity contribution in [1.29, 1.82) is 0 Å². The largest absolute Gasteiger partial charge is 0.492 e. The third-order valence-corrected chi connectivity index (χ3v) is 3.30. The van der Waals surface area contributed by atoms with Gasteiger partial charge in [0.2, 0.25) is 0 Å². The van der Waals surface area contributed by atoms with Crippen LogP contribution in [-0.4, -0.2) is 30.9 Å². The third kappa shape index (κ3) is 9.28. The van der Waals surface area contributed by atoms with E-state index in [4.69, 9.17) is 9.47 Å². The van der Waals surface area contributed by atoms with E-state index in [-0.39, 0.29) is 0 Å². The highest BCUT2D eigenvalue weighted by Gasteiger charge is 2.15. The Morgan fingerprint density at radius 2 is 1.88 bits per heavy atom. The molecule has 0 heterocycles. The zero-order chi connectivity index (χ0) is 18.0. The molecule has 1 aromatic rings. The summed E-state index contributed by atoms with van der Waals surface area (Å²) >= 11 is 0. The lowest BCUT2D eigenvalue weighted by Crippen LogP contribution is -2.34. The molecule has 0 saturated heterocycles. The second kappa shape index (κ2) is 10.1. The summed E-state index contributed by atoms with van der Waals surface area (Å²) in [6.07, 6.45) is 3.20. The first-order valence-corrected chi connectivity index (χ1v) is 8.76. The lowest BCUT2D eigenvalue weighted by Gasteiger charge is -2.19. The highest BCUT2D eigenvalue weighted by atomic mass is 16.6. The predicted octanol–water partition coefficient (Wildman–Crippen LogP) is 4.58. The van der Waals surface area contributed by atoms with Gasteiger partial charge in [0.25, 0.3) is 0 Å². The minimum absolute atomic E-state index is 0.402. The normalized spacial score (nSPS) is 12.4. The van der Waals surface area contributed by atoms with Crippen LogP contribution in [0.1, 0.15) is 53.9 Å². The number of nitrogens with one attached hydrogen (secondary N) is 2. The molecule has 5 nitrogen and oxygen atoms in total. The molecule has 1 rings (SSSR count). The van der Waals surface area contributed by atoms with Gasteiger partial charge in [-0.15, -0.1) is 0 Å². The van der Waals surface area contributed by atoms with Crippen LogP contribution in [0.2, 0.25) is 0 Å². The van der Waals surface area contributed by atoms with Gasteiger partial charge in [-0.05, 0) is 58.4 Å². The van der Waals surface area contributed by atoms with Crippen molar-refractivity contribution in [3.63, 3.8) is 0 Å². The Bertz CT molecular complexity index is 480. The van der Waals surface area contributed by atoms with E-state index in [9.17, 15) is 4.79 Å². The van der Waals surface area contributed by atoms with Crippen molar-refractivity contribution in [3.8, 4) is 5.75 Å². The zero-order valence-corrected chi connectivity index (χ0v) is 15.6. The number of alkyl carbamates (subject to hydrolysis) is 1. The van der Waals surface area contributed by atoms with Crippen LogP contribution in [0, 0.1) is 0 Å². The molecule has 136 valence electrons. The van der Waals surface area contributed by atoms with Crippen LogP contribution in [0.15, 0.2) is 24.3 Å². The summed E-state index contributed by atoms with van der Waals surface area (Å²) < 4.78 is 10.8. The fourth-order valence-electron chi connectivity index (χ4n) is 2.15. The summed E-state index contributed by atoms with van der Waals surface area (Å²) in [5, 5.41) is 6.15. The van der Waals surface area contributed by atoms with Crippen molar-refractivity contribution >= 4 is 11.8 Å². The fourth-order valence-corrected chi connectivity index (χ4v) is 2.15. The summed E-state index contributed by atoms with van der Waals surface area (Å²) in [5.74, 6) is 0.785. The molecule has 0 saturated carbocycles. The molecule has 2 N–H and O–H groups in total. The Balaban J connectivity index is 2.26. The Hall–Kier alpha value is -1.91. The lowest BCUT2D eigenvalue weighted by atomic mass is 10.1. The van der Waals surface area contributed by atoms with Gasteiger partial charge in [0.05, 0.1) is 6.54 Å². The maximum absolute atomic E-state index is 11.5. The second-order valence-electron chi connectivity index (χ2n) is 6.99. The van der Waals surface area contributed by atoms with Gasteiger partial charge in [-0.3, -0.25) is 0 Å². The van der Waals surface area contributed by atoms with Gasteiger partial charge in [-0.1, -0.05) is 19.8 Å². The van der Waals surface area contributed by atoms with Gasteiger partial charge in [-0.2, -0.15) is 0 Å². The number of carbonyl (C=O) groups is 1. The van der Waals surface area contributed by atoms with Crippen LogP contribution in [-0.2, 0) is 4.74 Å². The first-order valence-electron chi connectivity index (χ1n) is 8.76. The topological polar surface area (TPSA) is 59.6 Å². The van der Waals surface area contributed by atoms with E-state index >= 15 is 0 Å². The van der Waals surface area contributed by atoms with E-state index in [0.29, 0.717) is 19.2 Å². The summed E-state index contributed by atoms with van der Waals surface area (Å²) in [4.78, 5) is 11.5. The number of hydrogen-bond acceptors (Lipinski definition) is 4. The molecule has 0 aromatic heterocycles. The van der Waals surface area contributed by atoms with Crippen LogP contribution in [0.3, 0.4) is 0 Å². The standard InChI is InChI=1S/C19H32N2O3/c1-6-7-8-15(2)21-16-9-11-17(12-10-16)23-14-13-20-18(22)24-19(3,4)5/h9-12,15,21H,6-8,13-14H2,1-5H3,(H,20,22). The number of hydrogen-bond donors (Lipinski definition) is 2. The molecular formula is C19H32N2O3. The van der Waals surface area contributed by atoms with E-state index in [2.05, 4.69) is 24.5 Å². The van der Waals surface area contributed by atoms with E-state index in [0.717, 1.165) is 11.4 Å². The molecule has 1 amide bonds. The molecule has 0 aliphatic rings. The molecular weight excluding hydrogens is 304 g/mol. The molecule has 0 radical (unpaired) electrons. The summed E-state index contributed by atoms with van der Waals surface area (Å²) in [6.45, 7) is 10.7. The molecule has 1 aromatic carbocycles. The molecule has 1 atom stereocenters. The monoisotopic (exact) mass is 336 g/mol. The Morgan fingerprint density at radius 1 is 1.21 bits per heavy atom.